The van der Waals surface area contributed by atoms with Gasteiger partial charge in [0.25, 0.3) is 0 Å². The average molecular weight is 154 g/mol. The molecule has 0 N–H and O–H groups in total. The summed E-state index contributed by atoms with van der Waals surface area (Å²) in [5, 5.41) is 12.3. The Morgan fingerprint density at radius 1 is 1.73 bits per heavy atom. The first-order valence-electron chi connectivity index (χ1n) is 3.70. The largest absolute Gasteiger partial charge is 0.399 e. The Morgan fingerprint density at radius 3 is 2.73 bits per heavy atom. The molecule has 0 saturated heterocycles. The molecule has 0 saturated carbocycles. The summed E-state index contributed by atoms with van der Waals surface area (Å²) in [6.07, 6.45) is 1.58. The number of nitrogens with zero attached hydrogens (tertiary/aromatic N) is 2. The van der Waals surface area contributed by atoms with Crippen LogP contribution in [-0.4, -0.2) is 12.8 Å². The number of oxime groups is 1. The highest BCUT2D eigenvalue weighted by atomic mass is 16.6. The maximum absolute atomic E-state index is 8.60. The Bertz CT molecular complexity index is 169. The van der Waals surface area contributed by atoms with E-state index in [1.807, 2.05) is 13.8 Å². The molecule has 1 unspecified atom stereocenters. The van der Waals surface area contributed by atoms with Crippen LogP contribution in [0.3, 0.4) is 0 Å². The third kappa shape index (κ3) is 4.38. The fraction of sp³-hybridized carbons (Fsp3) is 0.750. The van der Waals surface area contributed by atoms with Crippen LogP contribution < -0.4 is 0 Å². The molecule has 0 aromatic heterocycles. The topological polar surface area (TPSA) is 45.4 Å². The molecule has 0 bridgehead atoms. The van der Waals surface area contributed by atoms with Crippen LogP contribution in [0.4, 0.5) is 0 Å². The van der Waals surface area contributed by atoms with E-state index in [9.17, 15) is 0 Å². The molecule has 3 nitrogen and oxygen atoms in total. The molecular formula is C8H14N2O. The number of hydrogen-bond acceptors (Lipinski definition) is 3. The third-order valence-electron chi connectivity index (χ3n) is 1.46. The summed E-state index contributed by atoms with van der Waals surface area (Å²) < 4.78 is 0. The minimum Gasteiger partial charge on any atom is -0.399 e. The van der Waals surface area contributed by atoms with Crippen LogP contribution in [0, 0.1) is 17.2 Å². The molecule has 0 aliphatic carbocycles. The highest BCUT2D eigenvalue weighted by molar-refractivity contribution is 5.81. The van der Waals surface area contributed by atoms with Gasteiger partial charge >= 0.3 is 0 Å². The summed E-state index contributed by atoms with van der Waals surface area (Å²) in [6.45, 7) is 3.86. The molecule has 0 amide bonds. The van der Waals surface area contributed by atoms with Gasteiger partial charge in [-0.2, -0.15) is 5.26 Å². The molecule has 11 heavy (non-hydrogen) atoms. The van der Waals surface area contributed by atoms with Crippen LogP contribution in [-0.2, 0) is 4.84 Å². The zero-order valence-corrected chi connectivity index (χ0v) is 7.29. The average Bonchev–Trinajstić information content (AvgIpc) is 2.01. The molecule has 0 aromatic carbocycles. The highest BCUT2D eigenvalue weighted by Crippen LogP contribution is 2.07. The zero-order valence-electron chi connectivity index (χ0n) is 7.29. The second-order valence-corrected chi connectivity index (χ2v) is 2.45. The first-order chi connectivity index (χ1) is 5.24. The van der Waals surface area contributed by atoms with Gasteiger partial charge in [0.05, 0.1) is 17.7 Å². The van der Waals surface area contributed by atoms with Crippen LogP contribution in [0.25, 0.3) is 0 Å². The summed E-state index contributed by atoms with van der Waals surface area (Å²) in [7, 11) is 1.51. The minimum absolute atomic E-state index is 0.0777. The normalized spacial score (nSPS) is 13.8. The molecule has 3 heteroatoms. The van der Waals surface area contributed by atoms with Crippen LogP contribution in [0.2, 0.25) is 0 Å². The summed E-state index contributed by atoms with van der Waals surface area (Å²) in [6, 6.07) is 2.20. The molecule has 0 aliphatic rings. The minimum atomic E-state index is 0.0777. The van der Waals surface area contributed by atoms with E-state index < -0.39 is 0 Å². The lowest BCUT2D eigenvalue weighted by Gasteiger charge is -2.03. The molecule has 0 fully saturated rings. The monoisotopic (exact) mass is 154 g/mol. The first kappa shape index (κ1) is 9.96. The summed E-state index contributed by atoms with van der Waals surface area (Å²) >= 11 is 0. The highest BCUT2D eigenvalue weighted by Gasteiger charge is 2.05. The Kier molecular flexibility index (Phi) is 5.18. The summed E-state index contributed by atoms with van der Waals surface area (Å²) in [5.74, 6) is 0.0777. The molecule has 0 radical (unpaired) electrons. The van der Waals surface area contributed by atoms with Crippen LogP contribution in [0.15, 0.2) is 5.16 Å². The standard InChI is InChI=1S/C8H14N2O/c1-4-8(6-9)5-7(2)10-11-3/h8H,4-5H2,1-3H3. The van der Waals surface area contributed by atoms with Crippen LogP contribution in [0.5, 0.6) is 0 Å². The van der Waals surface area contributed by atoms with Gasteiger partial charge in [-0.05, 0) is 13.3 Å². The molecule has 0 aliphatic heterocycles. The summed E-state index contributed by atoms with van der Waals surface area (Å²) in [5.41, 5.74) is 0.876. The molecule has 0 spiro atoms. The molecular weight excluding hydrogens is 140 g/mol. The predicted molar refractivity (Wildman–Crippen MR) is 44.1 cm³/mol. The van der Waals surface area contributed by atoms with E-state index in [0.29, 0.717) is 6.42 Å². The van der Waals surface area contributed by atoms with Crippen molar-refractivity contribution in [3.05, 3.63) is 0 Å². The van der Waals surface area contributed by atoms with E-state index in [1.165, 1.54) is 7.11 Å². The van der Waals surface area contributed by atoms with E-state index in [-0.39, 0.29) is 5.92 Å². The van der Waals surface area contributed by atoms with E-state index in [4.69, 9.17) is 5.26 Å². The Labute approximate surface area is 67.6 Å². The van der Waals surface area contributed by atoms with Gasteiger partial charge in [-0.15, -0.1) is 0 Å². The van der Waals surface area contributed by atoms with Gasteiger partial charge in [0.15, 0.2) is 0 Å². The smallest absolute Gasteiger partial charge is 0.106 e. The van der Waals surface area contributed by atoms with Gasteiger partial charge in [0, 0.05) is 6.42 Å². The number of nitriles is 1. The molecule has 0 rings (SSSR count). The molecule has 1 atom stereocenters. The van der Waals surface area contributed by atoms with E-state index in [1.54, 1.807) is 0 Å². The van der Waals surface area contributed by atoms with Gasteiger partial charge in [-0.3, -0.25) is 0 Å². The lowest BCUT2D eigenvalue weighted by molar-refractivity contribution is 0.212. The quantitative estimate of drug-likeness (QED) is 0.459. The van der Waals surface area contributed by atoms with Gasteiger partial charge in [0.2, 0.25) is 0 Å². The maximum Gasteiger partial charge on any atom is 0.106 e. The van der Waals surface area contributed by atoms with Crippen molar-refractivity contribution in [1.29, 1.82) is 5.26 Å². The second kappa shape index (κ2) is 5.72. The molecule has 0 aromatic rings. The van der Waals surface area contributed by atoms with Crippen molar-refractivity contribution in [1.82, 2.24) is 0 Å². The van der Waals surface area contributed by atoms with Gasteiger partial charge in [0.1, 0.15) is 7.11 Å². The van der Waals surface area contributed by atoms with Gasteiger partial charge in [-0.25, -0.2) is 0 Å². The Hall–Kier alpha value is -1.04. The first-order valence-corrected chi connectivity index (χ1v) is 3.70. The number of rotatable bonds is 4. The second-order valence-electron chi connectivity index (χ2n) is 2.45. The van der Waals surface area contributed by atoms with Crippen molar-refractivity contribution in [2.24, 2.45) is 11.1 Å². The van der Waals surface area contributed by atoms with Crippen LogP contribution in [0.1, 0.15) is 26.7 Å². The maximum atomic E-state index is 8.60. The molecule has 0 heterocycles. The van der Waals surface area contributed by atoms with Gasteiger partial charge < -0.3 is 4.84 Å². The fourth-order valence-corrected chi connectivity index (χ4v) is 0.831. The van der Waals surface area contributed by atoms with E-state index in [2.05, 4.69) is 16.1 Å². The SMILES string of the molecule is CCC(C#N)CC(C)=NOC. The summed E-state index contributed by atoms with van der Waals surface area (Å²) in [4.78, 5) is 4.57. The van der Waals surface area contributed by atoms with Crippen molar-refractivity contribution in [3.8, 4) is 6.07 Å². The Morgan fingerprint density at radius 2 is 2.36 bits per heavy atom. The van der Waals surface area contributed by atoms with Crippen molar-refractivity contribution in [2.45, 2.75) is 26.7 Å². The van der Waals surface area contributed by atoms with Crippen molar-refractivity contribution < 1.29 is 4.84 Å². The lowest BCUT2D eigenvalue weighted by Crippen LogP contribution is -2.02. The van der Waals surface area contributed by atoms with E-state index in [0.717, 1.165) is 12.1 Å². The number of hydrogen-bond donors (Lipinski definition) is 0. The van der Waals surface area contributed by atoms with Crippen LogP contribution >= 0.6 is 0 Å². The zero-order chi connectivity index (χ0) is 8.69. The Balaban J connectivity index is 3.83. The van der Waals surface area contributed by atoms with E-state index >= 15 is 0 Å². The fourth-order valence-electron chi connectivity index (χ4n) is 0.831. The third-order valence-corrected chi connectivity index (χ3v) is 1.46. The van der Waals surface area contributed by atoms with Gasteiger partial charge in [-0.1, -0.05) is 12.1 Å². The van der Waals surface area contributed by atoms with Crippen molar-refractivity contribution in [2.75, 3.05) is 7.11 Å². The molecule has 62 valence electrons. The van der Waals surface area contributed by atoms with Crippen molar-refractivity contribution in [3.63, 3.8) is 0 Å². The lowest BCUT2D eigenvalue weighted by atomic mass is 10.0. The van der Waals surface area contributed by atoms with Crippen molar-refractivity contribution >= 4 is 5.71 Å². The predicted octanol–water partition coefficient (Wildman–Crippen LogP) is 1.95.